The molecule has 0 aliphatic carbocycles. The summed E-state index contributed by atoms with van der Waals surface area (Å²) in [6, 6.07) is -0.526. The van der Waals surface area contributed by atoms with Gasteiger partial charge in [0.1, 0.15) is 0 Å². The van der Waals surface area contributed by atoms with Gasteiger partial charge in [0, 0.05) is 0 Å². The number of rotatable bonds is 4. The van der Waals surface area contributed by atoms with Gasteiger partial charge in [0.2, 0.25) is 0 Å². The summed E-state index contributed by atoms with van der Waals surface area (Å²) in [5, 5.41) is 2.80. The normalized spacial score (nSPS) is 20.2. The highest BCUT2D eigenvalue weighted by atomic mass is 16.7. The molecule has 5 heteroatoms. The van der Waals surface area contributed by atoms with Crippen LogP contribution in [0.1, 0.15) is 6.92 Å². The third-order valence-electron chi connectivity index (χ3n) is 1.77. The van der Waals surface area contributed by atoms with Crippen molar-refractivity contribution in [1.29, 1.82) is 0 Å². The Labute approximate surface area is 77.3 Å². The Balaban J connectivity index is 2.44. The lowest BCUT2D eigenvalue weighted by molar-refractivity contribution is -0.157. The van der Waals surface area contributed by atoms with Crippen molar-refractivity contribution < 1.29 is 19.0 Å². The molecule has 5 nitrogen and oxygen atoms in total. The molecule has 1 saturated heterocycles. The number of carbonyl (C=O) groups excluding carboxylic acids is 1. The predicted molar refractivity (Wildman–Crippen MR) is 45.2 cm³/mol. The highest BCUT2D eigenvalue weighted by molar-refractivity contribution is 5.76. The third-order valence-corrected chi connectivity index (χ3v) is 1.77. The van der Waals surface area contributed by atoms with Gasteiger partial charge in [0.15, 0.2) is 12.3 Å². The van der Waals surface area contributed by atoms with E-state index in [4.69, 9.17) is 14.2 Å². The quantitative estimate of drug-likeness (QED) is 0.605. The van der Waals surface area contributed by atoms with E-state index in [1.54, 1.807) is 14.0 Å². The van der Waals surface area contributed by atoms with Crippen LogP contribution in [-0.4, -0.2) is 45.2 Å². The maximum Gasteiger partial charge on any atom is 0.328 e. The van der Waals surface area contributed by atoms with Gasteiger partial charge < -0.3 is 19.5 Å². The molecule has 0 bridgehead atoms. The monoisotopic (exact) mass is 189 g/mol. The zero-order valence-corrected chi connectivity index (χ0v) is 7.91. The summed E-state index contributed by atoms with van der Waals surface area (Å²) in [6.45, 7) is 3.19. The van der Waals surface area contributed by atoms with Crippen molar-refractivity contribution in [1.82, 2.24) is 5.32 Å². The predicted octanol–water partition coefficient (Wildman–Crippen LogP) is -0.490. The van der Waals surface area contributed by atoms with E-state index in [9.17, 15) is 4.79 Å². The molecule has 0 aromatic carbocycles. The Hall–Kier alpha value is -0.650. The van der Waals surface area contributed by atoms with Gasteiger partial charge in [0.05, 0.1) is 19.8 Å². The fourth-order valence-corrected chi connectivity index (χ4v) is 1.17. The van der Waals surface area contributed by atoms with Gasteiger partial charge in [-0.3, -0.25) is 4.79 Å². The molecule has 76 valence electrons. The van der Waals surface area contributed by atoms with Crippen molar-refractivity contribution in [3.63, 3.8) is 0 Å². The highest BCUT2D eigenvalue weighted by Gasteiger charge is 2.32. The average molecular weight is 189 g/mol. The molecule has 0 aromatic heterocycles. The van der Waals surface area contributed by atoms with Crippen LogP contribution in [-0.2, 0) is 19.0 Å². The Kier molecular flexibility index (Phi) is 4.14. The summed E-state index contributed by atoms with van der Waals surface area (Å²) < 4.78 is 15.2. The van der Waals surface area contributed by atoms with Gasteiger partial charge in [-0.25, -0.2) is 0 Å². The van der Waals surface area contributed by atoms with Crippen molar-refractivity contribution in [2.24, 2.45) is 0 Å². The summed E-state index contributed by atoms with van der Waals surface area (Å²) in [4.78, 5) is 11.3. The molecular weight excluding hydrogens is 174 g/mol. The Bertz CT molecular complexity index is 168. The minimum Gasteiger partial charge on any atom is -0.465 e. The zero-order chi connectivity index (χ0) is 9.68. The van der Waals surface area contributed by atoms with Gasteiger partial charge in [0.25, 0.3) is 0 Å². The molecule has 1 fully saturated rings. The van der Waals surface area contributed by atoms with E-state index in [1.165, 1.54) is 0 Å². The third kappa shape index (κ3) is 2.65. The Morgan fingerprint density at radius 1 is 1.62 bits per heavy atom. The van der Waals surface area contributed by atoms with E-state index < -0.39 is 12.3 Å². The van der Waals surface area contributed by atoms with Gasteiger partial charge in [-0.2, -0.15) is 0 Å². The first kappa shape index (κ1) is 10.4. The number of esters is 1. The molecule has 1 N–H and O–H groups in total. The van der Waals surface area contributed by atoms with Crippen LogP contribution in [0.25, 0.3) is 0 Å². The van der Waals surface area contributed by atoms with E-state index in [-0.39, 0.29) is 5.97 Å². The second-order valence-corrected chi connectivity index (χ2v) is 2.63. The van der Waals surface area contributed by atoms with Gasteiger partial charge in [-0.1, -0.05) is 0 Å². The average Bonchev–Trinajstić information content (AvgIpc) is 2.59. The van der Waals surface area contributed by atoms with Crippen molar-refractivity contribution in [3.05, 3.63) is 0 Å². The van der Waals surface area contributed by atoms with Crippen LogP contribution in [0.15, 0.2) is 0 Å². The molecule has 0 aromatic rings. The van der Waals surface area contributed by atoms with Crippen LogP contribution >= 0.6 is 0 Å². The lowest BCUT2D eigenvalue weighted by Gasteiger charge is -2.19. The van der Waals surface area contributed by atoms with Crippen LogP contribution in [0.4, 0.5) is 0 Å². The number of ether oxygens (including phenoxy) is 3. The van der Waals surface area contributed by atoms with Gasteiger partial charge >= 0.3 is 5.97 Å². The number of hydrogen-bond acceptors (Lipinski definition) is 5. The van der Waals surface area contributed by atoms with E-state index in [0.717, 1.165) is 0 Å². The molecule has 0 radical (unpaired) electrons. The number of hydrogen-bond donors (Lipinski definition) is 1. The molecule has 1 atom stereocenters. The molecule has 0 saturated carbocycles. The van der Waals surface area contributed by atoms with Crippen molar-refractivity contribution in [3.8, 4) is 0 Å². The van der Waals surface area contributed by atoms with Crippen LogP contribution in [0, 0.1) is 0 Å². The minimum atomic E-state index is -0.526. The standard InChI is InChI=1S/C8H15NO4/c1-3-11-7(10)6(9-2)8-12-4-5-13-8/h6,8-9H,3-5H2,1-2H3/t6-/m1/s1. The number of carbonyl (C=O) groups is 1. The van der Waals surface area contributed by atoms with Crippen molar-refractivity contribution in [2.45, 2.75) is 19.3 Å². The lowest BCUT2D eigenvalue weighted by atomic mass is 10.3. The largest absolute Gasteiger partial charge is 0.465 e. The Morgan fingerprint density at radius 3 is 2.69 bits per heavy atom. The molecule has 13 heavy (non-hydrogen) atoms. The summed E-state index contributed by atoms with van der Waals surface area (Å²) >= 11 is 0. The maximum atomic E-state index is 11.3. The summed E-state index contributed by atoms with van der Waals surface area (Å²) in [7, 11) is 1.67. The first-order chi connectivity index (χ1) is 6.29. The zero-order valence-electron chi connectivity index (χ0n) is 7.91. The first-order valence-corrected chi connectivity index (χ1v) is 4.36. The molecule has 0 amide bonds. The van der Waals surface area contributed by atoms with Crippen molar-refractivity contribution >= 4 is 5.97 Å². The van der Waals surface area contributed by atoms with E-state index in [1.807, 2.05) is 0 Å². The lowest BCUT2D eigenvalue weighted by Crippen LogP contribution is -2.45. The molecule has 0 unspecified atom stereocenters. The van der Waals surface area contributed by atoms with Crippen LogP contribution < -0.4 is 5.32 Å². The topological polar surface area (TPSA) is 56.8 Å². The van der Waals surface area contributed by atoms with Gasteiger partial charge in [-0.05, 0) is 14.0 Å². The first-order valence-electron chi connectivity index (χ1n) is 4.36. The molecular formula is C8H15NO4. The van der Waals surface area contributed by atoms with Crippen molar-refractivity contribution in [2.75, 3.05) is 26.9 Å². The fraction of sp³-hybridized carbons (Fsp3) is 0.875. The fourth-order valence-electron chi connectivity index (χ4n) is 1.17. The minimum absolute atomic E-state index is 0.336. The van der Waals surface area contributed by atoms with Gasteiger partial charge in [-0.15, -0.1) is 0 Å². The van der Waals surface area contributed by atoms with E-state index in [2.05, 4.69) is 5.32 Å². The Morgan fingerprint density at radius 2 is 2.23 bits per heavy atom. The van der Waals surface area contributed by atoms with Crippen LogP contribution in [0.2, 0.25) is 0 Å². The molecule has 1 rings (SSSR count). The summed E-state index contributed by atoms with van der Waals surface area (Å²) in [6.07, 6.45) is -0.510. The van der Waals surface area contributed by atoms with E-state index in [0.29, 0.717) is 19.8 Å². The van der Waals surface area contributed by atoms with Crippen LogP contribution in [0.3, 0.4) is 0 Å². The summed E-state index contributed by atoms with van der Waals surface area (Å²) in [5.74, 6) is -0.336. The van der Waals surface area contributed by atoms with E-state index >= 15 is 0 Å². The molecule has 1 heterocycles. The highest BCUT2D eigenvalue weighted by Crippen LogP contribution is 2.09. The molecule has 0 spiro atoms. The number of nitrogens with one attached hydrogen (secondary N) is 1. The van der Waals surface area contributed by atoms with Crippen LogP contribution in [0.5, 0.6) is 0 Å². The maximum absolute atomic E-state index is 11.3. The molecule has 1 aliphatic rings. The smallest absolute Gasteiger partial charge is 0.328 e. The number of likely N-dealkylation sites (N-methyl/N-ethyl adjacent to an activating group) is 1. The second kappa shape index (κ2) is 5.16. The SMILES string of the molecule is CCOC(=O)[C@@H](NC)C1OCCO1. The second-order valence-electron chi connectivity index (χ2n) is 2.63. The summed E-state index contributed by atoms with van der Waals surface area (Å²) in [5.41, 5.74) is 0. The molecule has 1 aliphatic heterocycles.